The first kappa shape index (κ1) is 20.7. The van der Waals surface area contributed by atoms with Gasteiger partial charge in [0, 0.05) is 11.1 Å². The Kier molecular flexibility index (Phi) is 5.64. The van der Waals surface area contributed by atoms with Gasteiger partial charge in [0.15, 0.2) is 0 Å². The zero-order chi connectivity index (χ0) is 21.9. The maximum absolute atomic E-state index is 13.6. The van der Waals surface area contributed by atoms with Gasteiger partial charge >= 0.3 is 6.18 Å². The van der Waals surface area contributed by atoms with Gasteiger partial charge in [-0.3, -0.25) is 9.78 Å². The Morgan fingerprint density at radius 1 is 1.20 bits per heavy atom. The third-order valence-electron chi connectivity index (χ3n) is 4.17. The van der Waals surface area contributed by atoms with Gasteiger partial charge in [-0.1, -0.05) is 30.3 Å². The number of aromatic nitrogens is 2. The molecule has 2 aromatic carbocycles. The molecule has 152 valence electrons. The third-order valence-corrected chi connectivity index (χ3v) is 4.17. The second kappa shape index (κ2) is 8.16. The minimum absolute atomic E-state index is 0.0909. The maximum atomic E-state index is 13.6. The van der Waals surface area contributed by atoms with Gasteiger partial charge in [-0.05, 0) is 24.6 Å². The Morgan fingerprint density at radius 3 is 2.53 bits per heavy atom. The molecular formula is C20H13F4N5O. The van der Waals surface area contributed by atoms with Crippen LogP contribution in [0.3, 0.4) is 0 Å². The SMILES string of the molecule is Cc1c(F)ccc(C=NNc2nc(-c3ccccc3)c(C#N)c(=O)[nH]2)c1C(F)(F)F. The van der Waals surface area contributed by atoms with Crippen molar-refractivity contribution >= 4 is 12.2 Å². The molecule has 0 bridgehead atoms. The van der Waals surface area contributed by atoms with Crippen molar-refractivity contribution in [3.05, 3.63) is 80.9 Å². The van der Waals surface area contributed by atoms with Crippen LogP contribution in [0.5, 0.6) is 0 Å². The highest BCUT2D eigenvalue weighted by Gasteiger charge is 2.35. The van der Waals surface area contributed by atoms with Crippen LogP contribution >= 0.6 is 0 Å². The van der Waals surface area contributed by atoms with Crippen molar-refractivity contribution in [2.24, 2.45) is 5.10 Å². The summed E-state index contributed by atoms with van der Waals surface area (Å²) in [5.74, 6) is -1.17. The van der Waals surface area contributed by atoms with E-state index in [-0.39, 0.29) is 22.8 Å². The molecule has 0 aliphatic heterocycles. The maximum Gasteiger partial charge on any atom is 0.417 e. The summed E-state index contributed by atoms with van der Waals surface area (Å²) in [6.07, 6.45) is -3.94. The quantitative estimate of drug-likeness (QED) is 0.379. The Labute approximate surface area is 167 Å². The van der Waals surface area contributed by atoms with E-state index < -0.39 is 28.7 Å². The van der Waals surface area contributed by atoms with Gasteiger partial charge in [0.2, 0.25) is 5.95 Å². The fraction of sp³-hybridized carbons (Fsp3) is 0.100. The van der Waals surface area contributed by atoms with Crippen LogP contribution in [0.4, 0.5) is 23.5 Å². The van der Waals surface area contributed by atoms with Crippen molar-refractivity contribution < 1.29 is 17.6 Å². The lowest BCUT2D eigenvalue weighted by molar-refractivity contribution is -0.138. The van der Waals surface area contributed by atoms with E-state index in [1.54, 1.807) is 36.4 Å². The topological polar surface area (TPSA) is 93.9 Å². The number of rotatable bonds is 4. The number of alkyl halides is 3. The summed E-state index contributed by atoms with van der Waals surface area (Å²) in [4.78, 5) is 18.6. The average Bonchev–Trinajstić information content (AvgIpc) is 2.70. The number of hydrogen-bond donors (Lipinski definition) is 2. The molecule has 2 N–H and O–H groups in total. The molecule has 3 rings (SSSR count). The Morgan fingerprint density at radius 2 is 1.90 bits per heavy atom. The minimum Gasteiger partial charge on any atom is -0.290 e. The zero-order valence-electron chi connectivity index (χ0n) is 15.4. The summed E-state index contributed by atoms with van der Waals surface area (Å²) >= 11 is 0. The van der Waals surface area contributed by atoms with E-state index >= 15 is 0 Å². The molecule has 0 amide bonds. The second-order valence-corrected chi connectivity index (χ2v) is 6.12. The number of nitriles is 1. The van der Waals surface area contributed by atoms with Crippen LogP contribution in [0, 0.1) is 24.1 Å². The Hall–Kier alpha value is -4.00. The predicted octanol–water partition coefficient (Wildman–Crippen LogP) is 4.22. The van der Waals surface area contributed by atoms with E-state index in [4.69, 9.17) is 0 Å². The Bertz CT molecular complexity index is 1210. The van der Waals surface area contributed by atoms with Crippen molar-refractivity contribution in [1.82, 2.24) is 9.97 Å². The predicted molar refractivity (Wildman–Crippen MR) is 102 cm³/mol. The second-order valence-electron chi connectivity index (χ2n) is 6.12. The number of nitrogens with one attached hydrogen (secondary N) is 2. The molecule has 0 spiro atoms. The summed E-state index contributed by atoms with van der Waals surface area (Å²) in [5, 5.41) is 12.9. The summed E-state index contributed by atoms with van der Waals surface area (Å²) in [5.41, 5.74) is -0.0985. The first-order valence-electron chi connectivity index (χ1n) is 8.47. The van der Waals surface area contributed by atoms with E-state index in [1.807, 2.05) is 0 Å². The number of hydrazone groups is 1. The standard InChI is InChI=1S/C20H13F4N5O/c1-11-15(21)8-7-13(16(11)20(22,23)24)10-26-29-19-27-17(12-5-3-2-4-6-12)14(9-25)18(30)28-19/h2-8,10H,1H3,(H2,27,28,29,30). The minimum atomic E-state index is -4.78. The monoisotopic (exact) mass is 415 g/mol. The first-order chi connectivity index (χ1) is 14.2. The fourth-order valence-electron chi connectivity index (χ4n) is 2.79. The highest BCUT2D eigenvalue weighted by atomic mass is 19.4. The van der Waals surface area contributed by atoms with Gasteiger partial charge in [0.25, 0.3) is 5.56 Å². The van der Waals surface area contributed by atoms with Crippen molar-refractivity contribution in [3.8, 4) is 17.3 Å². The van der Waals surface area contributed by atoms with Crippen LogP contribution in [-0.4, -0.2) is 16.2 Å². The van der Waals surface area contributed by atoms with Crippen molar-refractivity contribution in [3.63, 3.8) is 0 Å². The molecule has 30 heavy (non-hydrogen) atoms. The third kappa shape index (κ3) is 4.20. The van der Waals surface area contributed by atoms with E-state index in [9.17, 15) is 27.6 Å². The molecule has 10 heteroatoms. The number of H-pyrrole nitrogens is 1. The van der Waals surface area contributed by atoms with Crippen molar-refractivity contribution in [2.45, 2.75) is 13.1 Å². The molecule has 3 aromatic rings. The van der Waals surface area contributed by atoms with Crippen LogP contribution < -0.4 is 11.0 Å². The van der Waals surface area contributed by atoms with Gasteiger partial charge < -0.3 is 0 Å². The normalized spacial score (nSPS) is 11.5. The Balaban J connectivity index is 1.97. The summed E-state index contributed by atoms with van der Waals surface area (Å²) in [6, 6.07) is 12.0. The van der Waals surface area contributed by atoms with Crippen molar-refractivity contribution in [2.75, 3.05) is 5.43 Å². The van der Waals surface area contributed by atoms with E-state index in [0.717, 1.165) is 25.3 Å². The lowest BCUT2D eigenvalue weighted by atomic mass is 10.0. The van der Waals surface area contributed by atoms with Crippen molar-refractivity contribution in [1.29, 1.82) is 5.26 Å². The molecule has 0 aliphatic carbocycles. The summed E-state index contributed by atoms with van der Waals surface area (Å²) < 4.78 is 53.4. The van der Waals surface area contributed by atoms with Crippen LogP contribution in [0.1, 0.15) is 22.3 Å². The number of nitrogens with zero attached hydrogens (tertiary/aromatic N) is 3. The number of anilines is 1. The number of aromatic amines is 1. The lowest BCUT2D eigenvalue weighted by Crippen LogP contribution is -2.16. The lowest BCUT2D eigenvalue weighted by Gasteiger charge is -2.13. The summed E-state index contributed by atoms with van der Waals surface area (Å²) in [6.45, 7) is 1.02. The molecule has 0 radical (unpaired) electrons. The van der Waals surface area contributed by atoms with Gasteiger partial charge in [0.1, 0.15) is 17.4 Å². The number of hydrogen-bond acceptors (Lipinski definition) is 5. The van der Waals surface area contributed by atoms with Gasteiger partial charge in [0.05, 0.1) is 17.5 Å². The molecular weight excluding hydrogens is 402 g/mol. The average molecular weight is 415 g/mol. The van der Waals surface area contributed by atoms with Gasteiger partial charge in [-0.2, -0.15) is 23.5 Å². The molecule has 1 heterocycles. The molecule has 0 aliphatic rings. The van der Waals surface area contributed by atoms with E-state index in [0.29, 0.717) is 5.56 Å². The molecule has 0 saturated heterocycles. The van der Waals surface area contributed by atoms with Crippen LogP contribution in [0.25, 0.3) is 11.3 Å². The molecule has 0 saturated carbocycles. The number of halogens is 4. The number of benzene rings is 2. The first-order valence-corrected chi connectivity index (χ1v) is 8.47. The van der Waals surface area contributed by atoms with E-state index in [2.05, 4.69) is 20.5 Å². The largest absolute Gasteiger partial charge is 0.417 e. The molecule has 0 atom stereocenters. The zero-order valence-corrected chi connectivity index (χ0v) is 15.4. The fourth-order valence-corrected chi connectivity index (χ4v) is 2.79. The van der Waals surface area contributed by atoms with Gasteiger partial charge in [-0.25, -0.2) is 14.8 Å². The highest BCUT2D eigenvalue weighted by molar-refractivity contribution is 5.83. The van der Waals surface area contributed by atoms with Gasteiger partial charge in [-0.15, -0.1) is 0 Å². The molecule has 1 aromatic heterocycles. The molecule has 6 nitrogen and oxygen atoms in total. The molecule has 0 unspecified atom stereocenters. The molecule has 0 fully saturated rings. The van der Waals surface area contributed by atoms with Crippen LogP contribution in [0.2, 0.25) is 0 Å². The smallest absolute Gasteiger partial charge is 0.290 e. The summed E-state index contributed by atoms with van der Waals surface area (Å²) in [7, 11) is 0. The highest BCUT2D eigenvalue weighted by Crippen LogP contribution is 2.35. The van der Waals surface area contributed by atoms with E-state index in [1.165, 1.54) is 0 Å². The van der Waals surface area contributed by atoms with Crippen LogP contribution in [0.15, 0.2) is 52.4 Å². The van der Waals surface area contributed by atoms with Crippen LogP contribution in [-0.2, 0) is 6.18 Å².